The van der Waals surface area contributed by atoms with E-state index in [1.54, 1.807) is 0 Å². The Morgan fingerprint density at radius 1 is 1.23 bits per heavy atom. The first kappa shape index (κ1) is 8.92. The zero-order chi connectivity index (χ0) is 9.42. The van der Waals surface area contributed by atoms with Crippen molar-refractivity contribution in [1.82, 2.24) is 0 Å². The van der Waals surface area contributed by atoms with Crippen LogP contribution in [0, 0.1) is 17.8 Å². The van der Waals surface area contributed by atoms with Crippen molar-refractivity contribution in [2.75, 3.05) is 0 Å². The molecule has 13 heavy (non-hydrogen) atoms. The van der Waals surface area contributed by atoms with Crippen molar-refractivity contribution >= 4 is 11.6 Å². The predicted molar refractivity (Wildman–Crippen MR) is 49.2 cm³/mol. The maximum absolute atomic E-state index is 11.5. The molecule has 2 atom stereocenters. The lowest BCUT2D eigenvalue weighted by Crippen LogP contribution is -2.24. The van der Waals surface area contributed by atoms with Crippen molar-refractivity contribution in [3.63, 3.8) is 0 Å². The predicted octanol–water partition coefficient (Wildman–Crippen LogP) is 1.97. The lowest BCUT2D eigenvalue weighted by molar-refractivity contribution is -0.131. The maximum Gasteiger partial charge on any atom is 0.143 e. The molecule has 0 aliphatic heterocycles. The highest BCUT2D eigenvalue weighted by atomic mass is 16.1. The van der Waals surface area contributed by atoms with E-state index in [0.29, 0.717) is 5.92 Å². The van der Waals surface area contributed by atoms with Gasteiger partial charge in [0.05, 0.1) is 6.42 Å². The van der Waals surface area contributed by atoms with Gasteiger partial charge in [0.15, 0.2) is 0 Å². The van der Waals surface area contributed by atoms with Gasteiger partial charge in [-0.05, 0) is 25.2 Å². The molecule has 0 bridgehead atoms. The Bertz CT molecular complexity index is 226. The fourth-order valence-electron chi connectivity index (χ4n) is 1.95. The van der Waals surface area contributed by atoms with E-state index in [1.807, 2.05) is 0 Å². The molecule has 0 radical (unpaired) electrons. The summed E-state index contributed by atoms with van der Waals surface area (Å²) in [7, 11) is 0. The number of hydrogen-bond donors (Lipinski definition) is 0. The van der Waals surface area contributed by atoms with Gasteiger partial charge in [-0.1, -0.05) is 13.3 Å². The molecule has 0 N–H and O–H groups in total. The summed E-state index contributed by atoms with van der Waals surface area (Å²) in [5.41, 5.74) is 0. The highest BCUT2D eigenvalue weighted by Gasteiger charge is 2.40. The first-order valence-electron chi connectivity index (χ1n) is 5.24. The van der Waals surface area contributed by atoms with Gasteiger partial charge in [-0.15, -0.1) is 0 Å². The molecule has 0 saturated heterocycles. The van der Waals surface area contributed by atoms with Crippen LogP contribution in [0.4, 0.5) is 0 Å². The minimum atomic E-state index is 0.199. The van der Waals surface area contributed by atoms with Crippen LogP contribution in [-0.4, -0.2) is 11.6 Å². The van der Waals surface area contributed by atoms with Crippen LogP contribution in [0.1, 0.15) is 39.0 Å². The molecule has 2 nitrogen and oxygen atoms in total. The molecule has 0 aromatic carbocycles. The second-order valence-corrected chi connectivity index (χ2v) is 4.56. The molecule has 2 aliphatic rings. The van der Waals surface area contributed by atoms with Crippen LogP contribution in [0.25, 0.3) is 0 Å². The van der Waals surface area contributed by atoms with Gasteiger partial charge >= 0.3 is 0 Å². The van der Waals surface area contributed by atoms with Crippen LogP contribution in [0.2, 0.25) is 0 Å². The topological polar surface area (TPSA) is 34.1 Å². The molecule has 2 saturated carbocycles. The highest BCUT2D eigenvalue weighted by Crippen LogP contribution is 2.40. The number of carbonyl (C=O) groups is 2. The second-order valence-electron chi connectivity index (χ2n) is 4.56. The van der Waals surface area contributed by atoms with Gasteiger partial charge in [0, 0.05) is 11.8 Å². The Kier molecular flexibility index (Phi) is 2.22. The summed E-state index contributed by atoms with van der Waals surface area (Å²) < 4.78 is 0. The Balaban J connectivity index is 1.76. The number of ketones is 2. The Labute approximate surface area is 78.7 Å². The standard InChI is InChI=1S/C11H16O2/c1-7-5-9(7)11(13)6-10(12)8-3-2-4-8/h7-9H,2-6H2,1H3. The van der Waals surface area contributed by atoms with Crippen LogP contribution < -0.4 is 0 Å². The van der Waals surface area contributed by atoms with Crippen molar-refractivity contribution in [1.29, 1.82) is 0 Å². The molecule has 2 fully saturated rings. The van der Waals surface area contributed by atoms with Gasteiger partial charge in [0.25, 0.3) is 0 Å². The number of hydrogen-bond acceptors (Lipinski definition) is 2. The van der Waals surface area contributed by atoms with E-state index in [4.69, 9.17) is 0 Å². The Hall–Kier alpha value is -0.660. The third-order valence-corrected chi connectivity index (χ3v) is 3.43. The Morgan fingerprint density at radius 2 is 1.85 bits per heavy atom. The van der Waals surface area contributed by atoms with E-state index >= 15 is 0 Å². The van der Waals surface area contributed by atoms with Gasteiger partial charge in [0.2, 0.25) is 0 Å². The molecule has 2 unspecified atom stereocenters. The van der Waals surface area contributed by atoms with E-state index in [9.17, 15) is 9.59 Å². The summed E-state index contributed by atoms with van der Waals surface area (Å²) in [6, 6.07) is 0. The third kappa shape index (κ3) is 1.82. The highest BCUT2D eigenvalue weighted by molar-refractivity contribution is 6.02. The molecule has 0 aromatic heterocycles. The number of Topliss-reactive ketones (excluding diaryl/α,β-unsaturated/α-hetero) is 2. The van der Waals surface area contributed by atoms with Crippen LogP contribution in [0.15, 0.2) is 0 Å². The monoisotopic (exact) mass is 180 g/mol. The molecule has 0 aromatic rings. The number of carbonyl (C=O) groups excluding carboxylic acids is 2. The lowest BCUT2D eigenvalue weighted by atomic mass is 9.80. The van der Waals surface area contributed by atoms with Crippen molar-refractivity contribution in [3.05, 3.63) is 0 Å². The third-order valence-electron chi connectivity index (χ3n) is 3.43. The van der Waals surface area contributed by atoms with Gasteiger partial charge in [-0.3, -0.25) is 9.59 Å². The molecule has 72 valence electrons. The fourth-order valence-corrected chi connectivity index (χ4v) is 1.95. The van der Waals surface area contributed by atoms with Crippen molar-refractivity contribution < 1.29 is 9.59 Å². The molecular weight excluding hydrogens is 164 g/mol. The summed E-state index contributed by atoms with van der Waals surface area (Å²) >= 11 is 0. The first-order chi connectivity index (χ1) is 6.18. The minimum Gasteiger partial charge on any atom is -0.299 e. The maximum atomic E-state index is 11.5. The lowest BCUT2D eigenvalue weighted by Gasteiger charge is -2.23. The van der Waals surface area contributed by atoms with Gasteiger partial charge in [-0.25, -0.2) is 0 Å². The van der Waals surface area contributed by atoms with Crippen LogP contribution in [0.5, 0.6) is 0 Å². The van der Waals surface area contributed by atoms with Crippen molar-refractivity contribution in [2.24, 2.45) is 17.8 Å². The summed E-state index contributed by atoms with van der Waals surface area (Å²) in [5, 5.41) is 0. The minimum absolute atomic E-state index is 0.199. The van der Waals surface area contributed by atoms with Crippen LogP contribution in [0.3, 0.4) is 0 Å². The normalized spacial score (nSPS) is 32.4. The zero-order valence-electron chi connectivity index (χ0n) is 8.08. The molecule has 2 rings (SSSR count). The molecule has 2 heteroatoms. The first-order valence-corrected chi connectivity index (χ1v) is 5.24. The van der Waals surface area contributed by atoms with Gasteiger partial charge in [0.1, 0.15) is 11.6 Å². The quantitative estimate of drug-likeness (QED) is 0.620. The Morgan fingerprint density at radius 3 is 2.23 bits per heavy atom. The van der Waals surface area contributed by atoms with E-state index < -0.39 is 0 Å². The van der Waals surface area contributed by atoms with E-state index in [2.05, 4.69) is 6.92 Å². The summed E-state index contributed by atoms with van der Waals surface area (Å²) in [4.78, 5) is 22.9. The van der Waals surface area contributed by atoms with E-state index in [-0.39, 0.29) is 29.8 Å². The molecule has 0 heterocycles. The van der Waals surface area contributed by atoms with E-state index in [0.717, 1.165) is 19.3 Å². The van der Waals surface area contributed by atoms with E-state index in [1.165, 1.54) is 6.42 Å². The molecule has 0 spiro atoms. The SMILES string of the molecule is CC1CC1C(=O)CC(=O)C1CCC1. The average Bonchev–Trinajstić information content (AvgIpc) is 2.62. The molecule has 0 amide bonds. The average molecular weight is 180 g/mol. The second kappa shape index (κ2) is 3.24. The zero-order valence-corrected chi connectivity index (χ0v) is 8.08. The summed E-state index contributed by atoms with van der Waals surface area (Å²) in [6.07, 6.45) is 4.44. The molecular formula is C11H16O2. The molecule has 2 aliphatic carbocycles. The van der Waals surface area contributed by atoms with Gasteiger partial charge in [-0.2, -0.15) is 0 Å². The van der Waals surface area contributed by atoms with Gasteiger partial charge < -0.3 is 0 Å². The summed E-state index contributed by atoms with van der Waals surface area (Å²) in [6.45, 7) is 2.08. The fraction of sp³-hybridized carbons (Fsp3) is 0.818. The van der Waals surface area contributed by atoms with Crippen molar-refractivity contribution in [3.8, 4) is 0 Å². The summed E-state index contributed by atoms with van der Waals surface area (Å²) in [5.74, 6) is 1.41. The largest absolute Gasteiger partial charge is 0.299 e. The van der Waals surface area contributed by atoms with Crippen LogP contribution >= 0.6 is 0 Å². The van der Waals surface area contributed by atoms with Crippen LogP contribution in [-0.2, 0) is 9.59 Å². The van der Waals surface area contributed by atoms with Crippen molar-refractivity contribution in [2.45, 2.75) is 39.0 Å². The smallest absolute Gasteiger partial charge is 0.143 e. The number of rotatable bonds is 4.